The van der Waals surface area contributed by atoms with Crippen LogP contribution in [-0.4, -0.2) is 23.5 Å². The molecule has 2 saturated carbocycles. The second-order valence-electron chi connectivity index (χ2n) is 7.43. The van der Waals surface area contributed by atoms with Gasteiger partial charge >= 0.3 is 0 Å². The van der Waals surface area contributed by atoms with Crippen LogP contribution in [0.25, 0.3) is 11.1 Å². The van der Waals surface area contributed by atoms with Crippen molar-refractivity contribution in [1.29, 1.82) is 0 Å². The van der Waals surface area contributed by atoms with Gasteiger partial charge in [-0.3, -0.25) is 4.79 Å². The highest BCUT2D eigenvalue weighted by atomic mass is 19.3. The van der Waals surface area contributed by atoms with E-state index in [1.165, 1.54) is 30.3 Å². The molecule has 2 aliphatic carbocycles. The Morgan fingerprint density at radius 2 is 1.78 bits per heavy atom. The average Bonchev–Trinajstić information content (AvgIpc) is 3.55. The number of alkyl halides is 2. The topological polar surface area (TPSA) is 49.3 Å². The van der Waals surface area contributed by atoms with Gasteiger partial charge in [0.05, 0.1) is 5.41 Å². The maximum absolute atomic E-state index is 14.7. The summed E-state index contributed by atoms with van der Waals surface area (Å²) in [7, 11) is 0. The highest BCUT2D eigenvalue weighted by Gasteiger charge is 2.52. The van der Waals surface area contributed by atoms with Gasteiger partial charge in [-0.05, 0) is 48.4 Å². The Balaban J connectivity index is 1.56. The van der Waals surface area contributed by atoms with Crippen molar-refractivity contribution in [2.75, 3.05) is 0 Å². The molecule has 0 aromatic heterocycles. The highest BCUT2D eigenvalue weighted by Crippen LogP contribution is 2.49. The lowest BCUT2D eigenvalue weighted by molar-refractivity contribution is -0.123. The normalized spacial score (nSPS) is 19.0. The number of aliphatic hydroxyl groups is 1. The minimum Gasteiger partial charge on any atom is -0.382 e. The molecule has 6 heteroatoms. The molecule has 2 aromatic rings. The predicted octanol–water partition coefficient (Wildman–Crippen LogP) is 4.10. The Labute approximate surface area is 155 Å². The van der Waals surface area contributed by atoms with Crippen LogP contribution in [-0.2, 0) is 10.2 Å². The second-order valence-corrected chi connectivity index (χ2v) is 7.43. The molecule has 0 saturated heterocycles. The third kappa shape index (κ3) is 3.46. The van der Waals surface area contributed by atoms with E-state index in [9.17, 15) is 23.1 Å². The molecule has 0 radical (unpaired) electrons. The van der Waals surface area contributed by atoms with Crippen LogP contribution in [0.15, 0.2) is 42.5 Å². The van der Waals surface area contributed by atoms with Gasteiger partial charge in [0.1, 0.15) is 11.9 Å². The quantitative estimate of drug-likeness (QED) is 0.799. The largest absolute Gasteiger partial charge is 0.382 e. The van der Waals surface area contributed by atoms with Crippen molar-refractivity contribution in [3.8, 4) is 11.1 Å². The first kappa shape index (κ1) is 18.0. The van der Waals surface area contributed by atoms with Gasteiger partial charge in [-0.1, -0.05) is 36.4 Å². The number of benzene rings is 2. The summed E-state index contributed by atoms with van der Waals surface area (Å²) < 4.78 is 39.9. The number of nitrogens with one attached hydrogen (secondary N) is 1. The Bertz CT molecular complexity index is 858. The molecular formula is C21H20F3NO2. The van der Waals surface area contributed by atoms with Gasteiger partial charge in [-0.15, -0.1) is 0 Å². The number of halogens is 3. The predicted molar refractivity (Wildman–Crippen MR) is 94.9 cm³/mol. The average molecular weight is 375 g/mol. The van der Waals surface area contributed by atoms with Crippen molar-refractivity contribution >= 4 is 5.91 Å². The summed E-state index contributed by atoms with van der Waals surface area (Å²) in [6, 6.07) is 10.8. The standard InChI is InChI=1S/C21H20F3NO2/c22-17-11-14(21(9-10-21)20(27)25-15-6-7-15)5-8-16(17)12-1-3-13(4-2-12)18(26)19(23)24/h1-5,8,11,15,18-19,26H,6-7,9-10H2,(H,25,27). The van der Waals surface area contributed by atoms with Gasteiger partial charge in [0, 0.05) is 11.6 Å². The van der Waals surface area contributed by atoms with Crippen molar-refractivity contribution in [3.05, 3.63) is 59.4 Å². The van der Waals surface area contributed by atoms with Crippen molar-refractivity contribution in [2.24, 2.45) is 0 Å². The lowest BCUT2D eigenvalue weighted by Crippen LogP contribution is -2.36. The summed E-state index contributed by atoms with van der Waals surface area (Å²) in [5, 5.41) is 12.4. The zero-order valence-corrected chi connectivity index (χ0v) is 14.6. The Kier molecular flexibility index (Phi) is 4.46. The fourth-order valence-corrected chi connectivity index (χ4v) is 3.38. The summed E-state index contributed by atoms with van der Waals surface area (Å²) in [5.41, 5.74) is 0.991. The fourth-order valence-electron chi connectivity index (χ4n) is 3.38. The van der Waals surface area contributed by atoms with Crippen molar-refractivity contribution in [3.63, 3.8) is 0 Å². The molecule has 1 amide bonds. The molecule has 0 bridgehead atoms. The third-order valence-electron chi connectivity index (χ3n) is 5.42. The highest BCUT2D eigenvalue weighted by molar-refractivity contribution is 5.91. The van der Waals surface area contributed by atoms with Crippen LogP contribution in [0.5, 0.6) is 0 Å². The van der Waals surface area contributed by atoms with Crippen LogP contribution < -0.4 is 5.32 Å². The second kappa shape index (κ2) is 6.68. The van der Waals surface area contributed by atoms with Crippen LogP contribution in [0.4, 0.5) is 13.2 Å². The first-order chi connectivity index (χ1) is 12.9. The van der Waals surface area contributed by atoms with Crippen molar-refractivity contribution < 1.29 is 23.1 Å². The lowest BCUT2D eigenvalue weighted by Gasteiger charge is -2.17. The smallest absolute Gasteiger partial charge is 0.268 e. The Morgan fingerprint density at radius 3 is 2.30 bits per heavy atom. The lowest BCUT2D eigenvalue weighted by atomic mass is 9.92. The third-order valence-corrected chi connectivity index (χ3v) is 5.42. The van der Waals surface area contributed by atoms with Gasteiger partial charge in [0.25, 0.3) is 6.43 Å². The number of rotatable bonds is 6. The van der Waals surface area contributed by atoms with Crippen LogP contribution >= 0.6 is 0 Å². The van der Waals surface area contributed by atoms with E-state index in [0.717, 1.165) is 12.8 Å². The summed E-state index contributed by atoms with van der Waals surface area (Å²) in [6.45, 7) is 0. The molecule has 0 aliphatic heterocycles. The maximum atomic E-state index is 14.7. The monoisotopic (exact) mass is 375 g/mol. The van der Waals surface area contributed by atoms with Crippen molar-refractivity contribution in [1.82, 2.24) is 5.32 Å². The van der Waals surface area contributed by atoms with E-state index in [-0.39, 0.29) is 17.5 Å². The van der Waals surface area contributed by atoms with Crippen LogP contribution in [0.1, 0.15) is 42.9 Å². The molecule has 0 heterocycles. The molecule has 142 valence electrons. The fraction of sp³-hybridized carbons (Fsp3) is 0.381. The molecule has 2 N–H and O–H groups in total. The number of carbonyl (C=O) groups is 1. The van der Waals surface area contributed by atoms with E-state index in [1.807, 2.05) is 0 Å². The Hall–Kier alpha value is -2.34. The van der Waals surface area contributed by atoms with Crippen molar-refractivity contribution in [2.45, 2.75) is 49.7 Å². The minimum atomic E-state index is -2.87. The van der Waals surface area contributed by atoms with Gasteiger partial charge in [0.2, 0.25) is 5.91 Å². The molecule has 3 nitrogen and oxygen atoms in total. The van der Waals surface area contributed by atoms with Gasteiger partial charge in [-0.2, -0.15) is 0 Å². The summed E-state index contributed by atoms with van der Waals surface area (Å²) in [5.74, 6) is -0.484. The van der Waals surface area contributed by atoms with Gasteiger partial charge in [0.15, 0.2) is 0 Å². The number of hydrogen-bond acceptors (Lipinski definition) is 2. The van der Waals surface area contributed by atoms with E-state index in [2.05, 4.69) is 5.32 Å². The van der Waals surface area contributed by atoms with E-state index >= 15 is 0 Å². The van der Waals surface area contributed by atoms with Crippen LogP contribution in [0.3, 0.4) is 0 Å². The number of carbonyl (C=O) groups excluding carboxylic acids is 1. The summed E-state index contributed by atoms with van der Waals surface area (Å²) in [4.78, 5) is 12.5. The Morgan fingerprint density at radius 1 is 1.11 bits per heavy atom. The van der Waals surface area contributed by atoms with Gasteiger partial charge < -0.3 is 10.4 Å². The molecule has 0 spiro atoms. The summed E-state index contributed by atoms with van der Waals surface area (Å²) in [6.07, 6.45) is -1.29. The molecule has 27 heavy (non-hydrogen) atoms. The molecule has 2 fully saturated rings. The first-order valence-corrected chi connectivity index (χ1v) is 9.08. The zero-order chi connectivity index (χ0) is 19.2. The van der Waals surface area contributed by atoms with E-state index in [1.54, 1.807) is 12.1 Å². The number of aliphatic hydroxyl groups excluding tert-OH is 1. The molecular weight excluding hydrogens is 355 g/mol. The number of amides is 1. The zero-order valence-electron chi connectivity index (χ0n) is 14.6. The molecule has 1 unspecified atom stereocenters. The maximum Gasteiger partial charge on any atom is 0.268 e. The van der Waals surface area contributed by atoms with Crippen LogP contribution in [0, 0.1) is 5.82 Å². The SMILES string of the molecule is O=C(NC1CC1)C1(c2ccc(-c3ccc(C(O)C(F)F)cc3)c(F)c2)CC1. The molecule has 2 aromatic carbocycles. The first-order valence-electron chi connectivity index (χ1n) is 9.08. The summed E-state index contributed by atoms with van der Waals surface area (Å²) >= 11 is 0. The molecule has 2 aliphatic rings. The van der Waals surface area contributed by atoms with E-state index in [0.29, 0.717) is 29.5 Å². The van der Waals surface area contributed by atoms with E-state index < -0.39 is 23.8 Å². The van der Waals surface area contributed by atoms with Crippen LogP contribution in [0.2, 0.25) is 0 Å². The minimum absolute atomic E-state index is 0.0255. The van der Waals surface area contributed by atoms with E-state index in [4.69, 9.17) is 0 Å². The number of hydrogen-bond donors (Lipinski definition) is 2. The van der Waals surface area contributed by atoms with Gasteiger partial charge in [-0.25, -0.2) is 13.2 Å². The molecule has 1 atom stereocenters. The molecule has 4 rings (SSSR count).